The molecule has 236 valence electrons. The van der Waals surface area contributed by atoms with Crippen molar-refractivity contribution in [2.24, 2.45) is 17.8 Å². The van der Waals surface area contributed by atoms with Crippen LogP contribution in [0.3, 0.4) is 0 Å². The molecule has 0 spiro atoms. The van der Waals surface area contributed by atoms with E-state index in [-0.39, 0.29) is 30.8 Å². The SMILES string of the molecule is C=CS(=O)(=O)C=C.CC(C)C[C@H](NC(=O)[C@H](CC(C)C)NC(=O)[C@H](CC(C)C)NC(=O)OCc1ccccc1)C(=O)O. The number of hydrogen-bond donors (Lipinski definition) is 4. The first-order chi connectivity index (χ1) is 19.5. The molecular formula is C30H47N3O8S. The summed E-state index contributed by atoms with van der Waals surface area (Å²) in [6, 6.07) is 6.28. The Morgan fingerprint density at radius 3 is 1.55 bits per heavy atom. The molecule has 1 aromatic rings. The van der Waals surface area contributed by atoms with Crippen LogP contribution in [0.1, 0.15) is 66.4 Å². The number of amides is 3. The van der Waals surface area contributed by atoms with Gasteiger partial charge in [0.1, 0.15) is 24.7 Å². The molecule has 1 rings (SSSR count). The van der Waals surface area contributed by atoms with Crippen molar-refractivity contribution in [2.75, 3.05) is 0 Å². The van der Waals surface area contributed by atoms with E-state index < -0.39 is 51.8 Å². The topological polar surface area (TPSA) is 168 Å². The molecule has 1 aromatic carbocycles. The van der Waals surface area contributed by atoms with Crippen molar-refractivity contribution < 1.29 is 37.4 Å². The van der Waals surface area contributed by atoms with Crippen molar-refractivity contribution in [3.05, 3.63) is 59.9 Å². The summed E-state index contributed by atoms with van der Waals surface area (Å²) >= 11 is 0. The largest absolute Gasteiger partial charge is 0.480 e. The number of rotatable bonds is 16. The monoisotopic (exact) mass is 609 g/mol. The summed E-state index contributed by atoms with van der Waals surface area (Å²) in [4.78, 5) is 50.0. The predicted molar refractivity (Wildman–Crippen MR) is 163 cm³/mol. The Hall–Kier alpha value is -3.67. The van der Waals surface area contributed by atoms with E-state index in [9.17, 15) is 32.7 Å². The number of carboxylic acid groups (broad SMARTS) is 1. The lowest BCUT2D eigenvalue weighted by atomic mass is 9.99. The minimum absolute atomic E-state index is 0.0618. The van der Waals surface area contributed by atoms with Crippen LogP contribution in [-0.4, -0.2) is 55.5 Å². The summed E-state index contributed by atoms with van der Waals surface area (Å²) in [7, 11) is -3.13. The first-order valence-corrected chi connectivity index (χ1v) is 15.4. The lowest BCUT2D eigenvalue weighted by Gasteiger charge is -2.26. The van der Waals surface area contributed by atoms with E-state index in [4.69, 9.17) is 4.74 Å². The van der Waals surface area contributed by atoms with Gasteiger partial charge in [0, 0.05) is 10.8 Å². The molecule has 3 atom stereocenters. The molecule has 12 heteroatoms. The quantitative estimate of drug-likeness (QED) is 0.217. The molecule has 0 unspecified atom stereocenters. The van der Waals surface area contributed by atoms with E-state index in [1.54, 1.807) is 0 Å². The molecule has 0 aliphatic rings. The number of benzene rings is 1. The third-order valence-corrected chi connectivity index (χ3v) is 6.58. The van der Waals surface area contributed by atoms with Crippen LogP contribution in [0.15, 0.2) is 54.3 Å². The minimum Gasteiger partial charge on any atom is -0.480 e. The molecule has 0 radical (unpaired) electrons. The number of ether oxygens (including phenoxy) is 1. The number of nitrogens with one attached hydrogen (secondary N) is 3. The number of alkyl carbamates (subject to hydrolysis) is 1. The van der Waals surface area contributed by atoms with Crippen molar-refractivity contribution >= 4 is 33.7 Å². The van der Waals surface area contributed by atoms with Crippen LogP contribution in [0, 0.1) is 17.8 Å². The smallest absolute Gasteiger partial charge is 0.408 e. The number of hydrogen-bond acceptors (Lipinski definition) is 7. The van der Waals surface area contributed by atoms with Gasteiger partial charge in [0.05, 0.1) is 0 Å². The fraction of sp³-hybridized carbons (Fsp3) is 0.533. The summed E-state index contributed by atoms with van der Waals surface area (Å²) in [5.74, 6) is -1.99. The summed E-state index contributed by atoms with van der Waals surface area (Å²) in [6.07, 6.45) is 0.197. The van der Waals surface area contributed by atoms with E-state index in [1.807, 2.05) is 71.9 Å². The maximum atomic E-state index is 13.1. The molecule has 0 saturated heterocycles. The second kappa shape index (κ2) is 19.5. The van der Waals surface area contributed by atoms with Gasteiger partial charge >= 0.3 is 12.1 Å². The number of aliphatic carboxylic acids is 1. The summed E-state index contributed by atoms with van der Waals surface area (Å²) in [5.41, 5.74) is 0.815. The van der Waals surface area contributed by atoms with Crippen molar-refractivity contribution in [3.63, 3.8) is 0 Å². The van der Waals surface area contributed by atoms with Crippen LogP contribution < -0.4 is 16.0 Å². The average molecular weight is 610 g/mol. The van der Waals surface area contributed by atoms with Crippen molar-refractivity contribution in [2.45, 2.75) is 85.5 Å². The van der Waals surface area contributed by atoms with Gasteiger partial charge in [0.2, 0.25) is 11.8 Å². The highest BCUT2D eigenvalue weighted by Gasteiger charge is 2.30. The highest BCUT2D eigenvalue weighted by molar-refractivity contribution is 7.97. The van der Waals surface area contributed by atoms with Gasteiger partial charge in [0.25, 0.3) is 0 Å². The van der Waals surface area contributed by atoms with E-state index in [1.165, 1.54) is 0 Å². The Bertz CT molecular complexity index is 1120. The molecule has 0 bridgehead atoms. The van der Waals surface area contributed by atoms with Gasteiger partial charge in [-0.2, -0.15) is 0 Å². The molecule has 4 N–H and O–H groups in total. The van der Waals surface area contributed by atoms with Gasteiger partial charge < -0.3 is 25.8 Å². The maximum absolute atomic E-state index is 13.1. The third kappa shape index (κ3) is 17.2. The molecule has 11 nitrogen and oxygen atoms in total. The lowest BCUT2D eigenvalue weighted by molar-refractivity contribution is -0.142. The third-order valence-electron chi connectivity index (χ3n) is 5.65. The lowest BCUT2D eigenvalue weighted by Crippen LogP contribution is -2.56. The second-order valence-electron chi connectivity index (χ2n) is 11.0. The highest BCUT2D eigenvalue weighted by Crippen LogP contribution is 2.11. The van der Waals surface area contributed by atoms with Gasteiger partial charge in [-0.25, -0.2) is 18.0 Å². The van der Waals surface area contributed by atoms with Crippen LogP contribution in [-0.2, 0) is 35.6 Å². The van der Waals surface area contributed by atoms with E-state index in [0.29, 0.717) is 12.8 Å². The zero-order chi connectivity index (χ0) is 32.5. The van der Waals surface area contributed by atoms with Crippen molar-refractivity contribution in [1.29, 1.82) is 0 Å². The summed E-state index contributed by atoms with van der Waals surface area (Å²) in [6.45, 7) is 17.5. The summed E-state index contributed by atoms with van der Waals surface area (Å²) in [5, 5.41) is 19.0. The number of carbonyl (C=O) groups excluding carboxylic acids is 3. The minimum atomic E-state index is -3.13. The molecule has 0 aromatic heterocycles. The number of sulfone groups is 1. The van der Waals surface area contributed by atoms with Gasteiger partial charge in [0.15, 0.2) is 9.84 Å². The molecular weight excluding hydrogens is 562 g/mol. The molecule has 0 fully saturated rings. The van der Waals surface area contributed by atoms with Crippen LogP contribution in [0.4, 0.5) is 4.79 Å². The normalized spacial score (nSPS) is 13.2. The van der Waals surface area contributed by atoms with Gasteiger partial charge in [-0.1, -0.05) is 85.0 Å². The Morgan fingerprint density at radius 1 is 0.762 bits per heavy atom. The fourth-order valence-electron chi connectivity index (χ4n) is 3.62. The molecule has 3 amide bonds. The van der Waals surface area contributed by atoms with Crippen LogP contribution in [0.5, 0.6) is 0 Å². The molecule has 42 heavy (non-hydrogen) atoms. The van der Waals surface area contributed by atoms with Crippen LogP contribution >= 0.6 is 0 Å². The van der Waals surface area contributed by atoms with Crippen molar-refractivity contribution in [3.8, 4) is 0 Å². The zero-order valence-corrected chi connectivity index (χ0v) is 26.3. The molecule has 0 saturated carbocycles. The highest BCUT2D eigenvalue weighted by atomic mass is 32.2. The first-order valence-electron chi connectivity index (χ1n) is 13.8. The molecule has 0 aliphatic carbocycles. The summed E-state index contributed by atoms with van der Waals surface area (Å²) < 4.78 is 25.5. The van der Waals surface area contributed by atoms with Gasteiger partial charge in [-0.3, -0.25) is 9.59 Å². The Balaban J connectivity index is 0.00000212. The van der Waals surface area contributed by atoms with Crippen LogP contribution in [0.25, 0.3) is 0 Å². The molecule has 0 aliphatic heterocycles. The Kier molecular flexibility index (Phi) is 17.8. The average Bonchev–Trinajstić information content (AvgIpc) is 2.90. The van der Waals surface area contributed by atoms with Crippen LogP contribution in [0.2, 0.25) is 0 Å². The van der Waals surface area contributed by atoms with E-state index >= 15 is 0 Å². The Labute approximate surface area is 250 Å². The standard InChI is InChI=1S/C26H41N3O6.C4H6O2S/c1-16(2)12-20(23(30)28-22(25(32)33)14-18(5)6)27-24(31)21(13-17(3)4)29-26(34)35-15-19-10-8-7-9-11-19;1-3-7(5,6)4-2/h7-11,16-18,20-22H,12-15H2,1-6H3,(H,27,31)(H,28,30)(H,29,34)(H,32,33);3-4H,1-2H2/t20-,21-,22-;/m0./s1. The van der Waals surface area contributed by atoms with Crippen molar-refractivity contribution in [1.82, 2.24) is 16.0 Å². The fourth-order valence-corrected chi connectivity index (χ4v) is 3.75. The van der Waals surface area contributed by atoms with E-state index in [2.05, 4.69) is 29.1 Å². The second-order valence-corrected chi connectivity index (χ2v) is 12.9. The Morgan fingerprint density at radius 2 is 1.17 bits per heavy atom. The molecule has 0 heterocycles. The van der Waals surface area contributed by atoms with E-state index in [0.717, 1.165) is 16.4 Å². The zero-order valence-electron chi connectivity index (χ0n) is 25.5. The predicted octanol–water partition coefficient (Wildman–Crippen LogP) is 4.16. The number of carboxylic acids is 1. The van der Waals surface area contributed by atoms with Gasteiger partial charge in [-0.15, -0.1) is 0 Å². The first kappa shape index (κ1) is 38.3. The van der Waals surface area contributed by atoms with Gasteiger partial charge in [-0.05, 0) is 42.6 Å². The maximum Gasteiger partial charge on any atom is 0.408 e. The number of carbonyl (C=O) groups is 4.